The van der Waals surface area contributed by atoms with Gasteiger partial charge in [-0.05, 0) is 55.4 Å². The Hall–Kier alpha value is -1.88. The van der Waals surface area contributed by atoms with Gasteiger partial charge in [0.2, 0.25) is 5.91 Å². The summed E-state index contributed by atoms with van der Waals surface area (Å²) in [6.45, 7) is 4.47. The molecule has 5 nitrogen and oxygen atoms in total. The van der Waals surface area contributed by atoms with Crippen molar-refractivity contribution in [3.8, 4) is 0 Å². The first kappa shape index (κ1) is 16.0. The van der Waals surface area contributed by atoms with Crippen molar-refractivity contribution in [2.75, 3.05) is 31.2 Å². The first-order valence-corrected chi connectivity index (χ1v) is 8.42. The Bertz CT molecular complexity index is 596. The topological polar surface area (TPSA) is 58.6 Å². The predicted octanol–water partition coefficient (Wildman–Crippen LogP) is 2.14. The monoisotopic (exact) mass is 316 g/mol. The van der Waals surface area contributed by atoms with Crippen LogP contribution in [-0.4, -0.2) is 38.1 Å². The summed E-state index contributed by atoms with van der Waals surface area (Å²) in [5, 5.41) is 2.93. The van der Waals surface area contributed by atoms with E-state index in [9.17, 15) is 9.59 Å². The van der Waals surface area contributed by atoms with E-state index in [1.54, 1.807) is 17.9 Å². The second-order valence-electron chi connectivity index (χ2n) is 6.39. The summed E-state index contributed by atoms with van der Waals surface area (Å²) in [5.41, 5.74) is 2.66. The Kier molecular flexibility index (Phi) is 4.96. The normalized spacial score (nSPS) is 16.3. The van der Waals surface area contributed by atoms with E-state index in [0.717, 1.165) is 36.6 Å². The van der Waals surface area contributed by atoms with Crippen LogP contribution in [0.25, 0.3) is 0 Å². The standard InChI is InChI=1S/C18H24N2O3/c1-13(21)20-9-7-15-11-16(5-6-17(15)20)18(22)19-8-2-10-23-12-14-3-4-14/h5-6,11,14H,2-4,7-10,12H2,1H3,(H,19,22). The summed E-state index contributed by atoms with van der Waals surface area (Å²) in [5.74, 6) is 0.772. The minimum atomic E-state index is -0.0590. The molecule has 0 bridgehead atoms. The molecule has 0 atom stereocenters. The van der Waals surface area contributed by atoms with Crippen LogP contribution >= 0.6 is 0 Å². The van der Waals surface area contributed by atoms with E-state index in [4.69, 9.17) is 4.74 Å². The predicted molar refractivity (Wildman–Crippen MR) is 88.7 cm³/mol. The largest absolute Gasteiger partial charge is 0.381 e. The van der Waals surface area contributed by atoms with Gasteiger partial charge in [-0.3, -0.25) is 9.59 Å². The van der Waals surface area contributed by atoms with Gasteiger partial charge in [-0.25, -0.2) is 0 Å². The van der Waals surface area contributed by atoms with E-state index in [1.807, 2.05) is 12.1 Å². The van der Waals surface area contributed by atoms with Gasteiger partial charge in [-0.2, -0.15) is 0 Å². The lowest BCUT2D eigenvalue weighted by molar-refractivity contribution is -0.116. The zero-order chi connectivity index (χ0) is 16.2. The van der Waals surface area contributed by atoms with Crippen molar-refractivity contribution in [1.29, 1.82) is 0 Å². The smallest absolute Gasteiger partial charge is 0.251 e. The number of carbonyl (C=O) groups is 2. The quantitative estimate of drug-likeness (QED) is 0.784. The molecule has 0 saturated heterocycles. The SMILES string of the molecule is CC(=O)N1CCc2cc(C(=O)NCCCOCC3CC3)ccc21. The first-order valence-electron chi connectivity index (χ1n) is 8.42. The van der Waals surface area contributed by atoms with Crippen molar-refractivity contribution in [2.24, 2.45) is 5.92 Å². The van der Waals surface area contributed by atoms with Crippen LogP contribution in [-0.2, 0) is 16.0 Å². The lowest BCUT2D eigenvalue weighted by Crippen LogP contribution is -2.26. The highest BCUT2D eigenvalue weighted by molar-refractivity contribution is 5.97. The number of hydrogen-bond acceptors (Lipinski definition) is 3. The molecule has 1 aliphatic heterocycles. The summed E-state index contributed by atoms with van der Waals surface area (Å²) in [6, 6.07) is 5.56. The molecule has 1 N–H and O–H groups in total. The third-order valence-electron chi connectivity index (χ3n) is 4.42. The zero-order valence-corrected chi connectivity index (χ0v) is 13.6. The molecule has 5 heteroatoms. The summed E-state index contributed by atoms with van der Waals surface area (Å²) in [4.78, 5) is 25.5. The van der Waals surface area contributed by atoms with E-state index in [2.05, 4.69) is 5.32 Å². The molecule has 1 heterocycles. The Morgan fingerprint density at radius 1 is 1.35 bits per heavy atom. The van der Waals surface area contributed by atoms with Crippen molar-refractivity contribution in [1.82, 2.24) is 5.32 Å². The molecule has 3 rings (SSSR count). The Labute approximate surface area is 137 Å². The van der Waals surface area contributed by atoms with E-state index in [1.165, 1.54) is 12.8 Å². The van der Waals surface area contributed by atoms with Gasteiger partial charge in [0, 0.05) is 44.5 Å². The Balaban J connectivity index is 1.45. The van der Waals surface area contributed by atoms with Crippen molar-refractivity contribution < 1.29 is 14.3 Å². The summed E-state index contributed by atoms with van der Waals surface area (Å²) in [6.07, 6.45) is 4.25. The third-order valence-corrected chi connectivity index (χ3v) is 4.42. The average Bonchev–Trinajstić information content (AvgIpc) is 3.26. The highest BCUT2D eigenvalue weighted by Gasteiger charge is 2.23. The molecule has 2 amide bonds. The average molecular weight is 316 g/mol. The molecule has 1 fully saturated rings. The summed E-state index contributed by atoms with van der Waals surface area (Å²) < 4.78 is 5.55. The fraction of sp³-hybridized carbons (Fsp3) is 0.556. The van der Waals surface area contributed by atoms with Gasteiger partial charge in [0.05, 0.1) is 0 Å². The van der Waals surface area contributed by atoms with Gasteiger partial charge in [0.15, 0.2) is 0 Å². The van der Waals surface area contributed by atoms with Crippen LogP contribution in [0.15, 0.2) is 18.2 Å². The number of anilines is 1. The first-order chi connectivity index (χ1) is 11.1. The maximum atomic E-state index is 12.2. The molecule has 1 aromatic carbocycles. The molecule has 23 heavy (non-hydrogen) atoms. The van der Waals surface area contributed by atoms with Crippen molar-refractivity contribution >= 4 is 17.5 Å². The van der Waals surface area contributed by atoms with Crippen LogP contribution in [0.3, 0.4) is 0 Å². The molecule has 0 aromatic heterocycles. The number of benzene rings is 1. The highest BCUT2D eigenvalue weighted by atomic mass is 16.5. The number of fused-ring (bicyclic) bond motifs is 1. The number of carbonyl (C=O) groups excluding carboxylic acids is 2. The molecule has 124 valence electrons. The molecule has 1 aromatic rings. The van der Waals surface area contributed by atoms with Crippen LogP contribution in [0.5, 0.6) is 0 Å². The van der Waals surface area contributed by atoms with E-state index >= 15 is 0 Å². The fourth-order valence-corrected chi connectivity index (χ4v) is 2.88. The fourth-order valence-electron chi connectivity index (χ4n) is 2.88. The van der Waals surface area contributed by atoms with Crippen molar-refractivity contribution in [3.05, 3.63) is 29.3 Å². The van der Waals surface area contributed by atoms with Crippen LogP contribution in [0.2, 0.25) is 0 Å². The maximum Gasteiger partial charge on any atom is 0.251 e. The number of ether oxygens (including phenoxy) is 1. The van der Waals surface area contributed by atoms with Crippen LogP contribution in [0.1, 0.15) is 42.1 Å². The molecular formula is C18H24N2O3. The van der Waals surface area contributed by atoms with Gasteiger partial charge >= 0.3 is 0 Å². The van der Waals surface area contributed by atoms with Crippen molar-refractivity contribution in [2.45, 2.75) is 32.6 Å². The Morgan fingerprint density at radius 3 is 2.91 bits per heavy atom. The molecule has 1 aliphatic carbocycles. The van der Waals surface area contributed by atoms with E-state index in [0.29, 0.717) is 25.3 Å². The van der Waals surface area contributed by atoms with Gasteiger partial charge in [-0.1, -0.05) is 0 Å². The molecule has 1 saturated carbocycles. The number of hydrogen-bond donors (Lipinski definition) is 1. The van der Waals surface area contributed by atoms with Gasteiger partial charge in [0.1, 0.15) is 0 Å². The third kappa shape index (κ3) is 4.10. The number of nitrogens with zero attached hydrogens (tertiary/aromatic N) is 1. The van der Waals surface area contributed by atoms with Crippen LogP contribution < -0.4 is 10.2 Å². The molecule has 0 spiro atoms. The second kappa shape index (κ2) is 7.13. The lowest BCUT2D eigenvalue weighted by atomic mass is 10.1. The summed E-state index contributed by atoms with van der Waals surface area (Å²) >= 11 is 0. The number of nitrogens with one attached hydrogen (secondary N) is 1. The Morgan fingerprint density at radius 2 is 2.17 bits per heavy atom. The second-order valence-corrected chi connectivity index (χ2v) is 6.39. The van der Waals surface area contributed by atoms with E-state index < -0.39 is 0 Å². The van der Waals surface area contributed by atoms with Crippen molar-refractivity contribution in [3.63, 3.8) is 0 Å². The van der Waals surface area contributed by atoms with Gasteiger partial charge in [-0.15, -0.1) is 0 Å². The minimum absolute atomic E-state index is 0.0483. The van der Waals surface area contributed by atoms with E-state index in [-0.39, 0.29) is 11.8 Å². The van der Waals surface area contributed by atoms with Gasteiger partial charge in [0.25, 0.3) is 5.91 Å². The van der Waals surface area contributed by atoms with Crippen LogP contribution in [0, 0.1) is 5.92 Å². The molecular weight excluding hydrogens is 292 g/mol. The molecule has 0 unspecified atom stereocenters. The zero-order valence-electron chi connectivity index (χ0n) is 13.6. The molecule has 0 radical (unpaired) electrons. The molecule has 2 aliphatic rings. The highest BCUT2D eigenvalue weighted by Crippen LogP contribution is 2.29. The number of amides is 2. The van der Waals surface area contributed by atoms with Gasteiger partial charge < -0.3 is 15.0 Å². The minimum Gasteiger partial charge on any atom is -0.381 e. The lowest BCUT2D eigenvalue weighted by Gasteiger charge is -2.14. The summed E-state index contributed by atoms with van der Waals surface area (Å²) in [7, 11) is 0. The van der Waals surface area contributed by atoms with Crippen LogP contribution in [0.4, 0.5) is 5.69 Å². The maximum absolute atomic E-state index is 12.2. The number of rotatable bonds is 7.